The van der Waals surface area contributed by atoms with Crippen LogP contribution in [0.25, 0.3) is 0 Å². The lowest BCUT2D eigenvalue weighted by Crippen LogP contribution is -2.22. The molecule has 1 unspecified atom stereocenters. The van der Waals surface area contributed by atoms with Gasteiger partial charge in [0.15, 0.2) is 5.89 Å². The Balaban J connectivity index is 2.32. The standard InChI is InChI=1S/C17H32N2O/c1-13(2)11-18-8-7-16-19-12-15(20-16)9-14(3)10-17(4,5)6/h12-14,18H,7-11H2,1-6H3. The maximum absolute atomic E-state index is 5.82. The fourth-order valence-electron chi connectivity index (χ4n) is 2.61. The van der Waals surface area contributed by atoms with Gasteiger partial charge in [0.1, 0.15) is 5.76 Å². The molecule has 1 N–H and O–H groups in total. The number of aromatic nitrogens is 1. The van der Waals surface area contributed by atoms with Gasteiger partial charge in [-0.2, -0.15) is 0 Å². The summed E-state index contributed by atoms with van der Waals surface area (Å²) in [6.07, 6.45) is 4.97. The summed E-state index contributed by atoms with van der Waals surface area (Å²) >= 11 is 0. The van der Waals surface area contributed by atoms with Gasteiger partial charge in [-0.05, 0) is 30.2 Å². The fourth-order valence-corrected chi connectivity index (χ4v) is 2.61. The van der Waals surface area contributed by atoms with Crippen LogP contribution in [0.5, 0.6) is 0 Å². The van der Waals surface area contributed by atoms with E-state index >= 15 is 0 Å². The number of oxazole rings is 1. The van der Waals surface area contributed by atoms with Crippen molar-refractivity contribution < 1.29 is 4.42 Å². The zero-order chi connectivity index (χ0) is 15.2. The first-order valence-electron chi connectivity index (χ1n) is 7.90. The molecule has 0 bridgehead atoms. The molecule has 0 fully saturated rings. The second-order valence-corrected chi connectivity index (χ2v) is 7.64. The lowest BCUT2D eigenvalue weighted by Gasteiger charge is -2.22. The van der Waals surface area contributed by atoms with Gasteiger partial charge in [0.25, 0.3) is 0 Å². The first kappa shape index (κ1) is 17.2. The minimum atomic E-state index is 0.378. The lowest BCUT2D eigenvalue weighted by molar-refractivity contribution is 0.294. The Bertz CT molecular complexity index is 377. The molecule has 1 aromatic heterocycles. The SMILES string of the molecule is CC(C)CNCCc1ncc(CC(C)CC(C)(C)C)o1. The lowest BCUT2D eigenvalue weighted by atomic mass is 9.84. The Morgan fingerprint density at radius 1 is 1.25 bits per heavy atom. The molecule has 0 amide bonds. The van der Waals surface area contributed by atoms with Crippen molar-refractivity contribution in [2.45, 2.75) is 60.8 Å². The third-order valence-electron chi connectivity index (χ3n) is 3.18. The van der Waals surface area contributed by atoms with Crippen molar-refractivity contribution in [3.8, 4) is 0 Å². The van der Waals surface area contributed by atoms with Gasteiger partial charge >= 0.3 is 0 Å². The first-order valence-corrected chi connectivity index (χ1v) is 7.90. The quantitative estimate of drug-likeness (QED) is 0.729. The van der Waals surface area contributed by atoms with Crippen molar-refractivity contribution in [3.05, 3.63) is 17.8 Å². The van der Waals surface area contributed by atoms with Gasteiger partial charge in [0.2, 0.25) is 0 Å². The van der Waals surface area contributed by atoms with Crippen LogP contribution in [-0.4, -0.2) is 18.1 Å². The Morgan fingerprint density at radius 3 is 2.55 bits per heavy atom. The maximum Gasteiger partial charge on any atom is 0.195 e. The highest BCUT2D eigenvalue weighted by Crippen LogP contribution is 2.26. The molecule has 1 rings (SSSR count). The van der Waals surface area contributed by atoms with Crippen LogP contribution in [0.1, 0.15) is 59.6 Å². The molecule has 0 saturated heterocycles. The Kier molecular flexibility index (Phi) is 6.74. The molecular formula is C17H32N2O. The van der Waals surface area contributed by atoms with Crippen LogP contribution in [0, 0.1) is 17.3 Å². The molecule has 3 heteroatoms. The molecule has 3 nitrogen and oxygen atoms in total. The van der Waals surface area contributed by atoms with E-state index in [0.29, 0.717) is 17.3 Å². The van der Waals surface area contributed by atoms with E-state index in [-0.39, 0.29) is 0 Å². The monoisotopic (exact) mass is 280 g/mol. The average molecular weight is 280 g/mol. The summed E-state index contributed by atoms with van der Waals surface area (Å²) in [4.78, 5) is 4.38. The number of nitrogens with one attached hydrogen (secondary N) is 1. The maximum atomic E-state index is 5.82. The van der Waals surface area contributed by atoms with Crippen molar-refractivity contribution in [2.24, 2.45) is 17.3 Å². The number of nitrogens with zero attached hydrogens (tertiary/aromatic N) is 1. The van der Waals surface area contributed by atoms with Crippen molar-refractivity contribution in [1.82, 2.24) is 10.3 Å². The van der Waals surface area contributed by atoms with E-state index in [1.54, 1.807) is 0 Å². The van der Waals surface area contributed by atoms with Gasteiger partial charge < -0.3 is 9.73 Å². The largest absolute Gasteiger partial charge is 0.446 e. The Hall–Kier alpha value is -0.830. The summed E-state index contributed by atoms with van der Waals surface area (Å²) in [7, 11) is 0. The molecular weight excluding hydrogens is 248 g/mol. The summed E-state index contributed by atoms with van der Waals surface area (Å²) in [5.74, 6) is 3.21. The van der Waals surface area contributed by atoms with E-state index < -0.39 is 0 Å². The van der Waals surface area contributed by atoms with Crippen LogP contribution in [0.3, 0.4) is 0 Å². The van der Waals surface area contributed by atoms with Gasteiger partial charge in [0, 0.05) is 19.4 Å². The number of hydrogen-bond donors (Lipinski definition) is 1. The third-order valence-corrected chi connectivity index (χ3v) is 3.18. The molecule has 1 heterocycles. The van der Waals surface area contributed by atoms with Crippen LogP contribution in [0.15, 0.2) is 10.6 Å². The molecule has 1 aromatic rings. The molecule has 1 atom stereocenters. The number of rotatable bonds is 8. The summed E-state index contributed by atoms with van der Waals surface area (Å²) in [5.41, 5.74) is 0.378. The van der Waals surface area contributed by atoms with E-state index in [1.165, 1.54) is 6.42 Å². The molecule has 0 aliphatic rings. The topological polar surface area (TPSA) is 38.1 Å². The highest BCUT2D eigenvalue weighted by Gasteiger charge is 2.17. The predicted molar refractivity (Wildman–Crippen MR) is 84.9 cm³/mol. The highest BCUT2D eigenvalue weighted by molar-refractivity contribution is 4.96. The Morgan fingerprint density at radius 2 is 1.95 bits per heavy atom. The second kappa shape index (κ2) is 7.82. The van der Waals surface area contributed by atoms with Crippen LogP contribution in [0.2, 0.25) is 0 Å². The summed E-state index contributed by atoms with van der Waals surface area (Å²) in [6.45, 7) is 15.6. The molecule has 0 spiro atoms. The molecule has 0 aromatic carbocycles. The zero-order valence-corrected chi connectivity index (χ0v) is 14.1. The van der Waals surface area contributed by atoms with Crippen molar-refractivity contribution in [1.29, 1.82) is 0 Å². The van der Waals surface area contributed by atoms with E-state index in [0.717, 1.165) is 37.6 Å². The average Bonchev–Trinajstić information content (AvgIpc) is 2.69. The minimum Gasteiger partial charge on any atom is -0.446 e. The van der Waals surface area contributed by atoms with Crippen molar-refractivity contribution in [3.63, 3.8) is 0 Å². The van der Waals surface area contributed by atoms with E-state index in [9.17, 15) is 0 Å². The summed E-state index contributed by atoms with van der Waals surface area (Å²) < 4.78 is 5.82. The minimum absolute atomic E-state index is 0.378. The zero-order valence-electron chi connectivity index (χ0n) is 14.1. The van der Waals surface area contributed by atoms with Gasteiger partial charge in [0.05, 0.1) is 6.20 Å². The van der Waals surface area contributed by atoms with E-state index in [4.69, 9.17) is 4.42 Å². The number of hydrogen-bond acceptors (Lipinski definition) is 3. The normalized spacial score (nSPS) is 13.9. The predicted octanol–water partition coefficient (Wildman–Crippen LogP) is 4.08. The smallest absolute Gasteiger partial charge is 0.195 e. The van der Waals surface area contributed by atoms with Crippen molar-refractivity contribution >= 4 is 0 Å². The van der Waals surface area contributed by atoms with E-state index in [1.807, 2.05) is 6.20 Å². The molecule has 0 aliphatic heterocycles. The van der Waals surface area contributed by atoms with Gasteiger partial charge in [-0.1, -0.05) is 41.5 Å². The van der Waals surface area contributed by atoms with Crippen LogP contribution in [-0.2, 0) is 12.8 Å². The van der Waals surface area contributed by atoms with Crippen LogP contribution >= 0.6 is 0 Å². The Labute approximate surface area is 124 Å². The van der Waals surface area contributed by atoms with Crippen LogP contribution in [0.4, 0.5) is 0 Å². The summed E-state index contributed by atoms with van der Waals surface area (Å²) in [5, 5.41) is 3.41. The molecule has 0 saturated carbocycles. The second-order valence-electron chi connectivity index (χ2n) is 7.64. The van der Waals surface area contributed by atoms with E-state index in [2.05, 4.69) is 51.8 Å². The fraction of sp³-hybridized carbons (Fsp3) is 0.824. The summed E-state index contributed by atoms with van der Waals surface area (Å²) in [6, 6.07) is 0. The molecule has 20 heavy (non-hydrogen) atoms. The first-order chi connectivity index (χ1) is 9.26. The van der Waals surface area contributed by atoms with Gasteiger partial charge in [-0.15, -0.1) is 0 Å². The third kappa shape index (κ3) is 7.68. The molecule has 116 valence electrons. The van der Waals surface area contributed by atoms with Crippen LogP contribution < -0.4 is 5.32 Å². The van der Waals surface area contributed by atoms with Gasteiger partial charge in [-0.25, -0.2) is 4.98 Å². The highest BCUT2D eigenvalue weighted by atomic mass is 16.4. The molecule has 0 radical (unpaired) electrons. The van der Waals surface area contributed by atoms with Crippen molar-refractivity contribution in [2.75, 3.05) is 13.1 Å². The van der Waals surface area contributed by atoms with Gasteiger partial charge in [-0.3, -0.25) is 0 Å². The molecule has 0 aliphatic carbocycles.